The van der Waals surface area contributed by atoms with Crippen LogP contribution in [0.25, 0.3) is 0 Å². The lowest BCUT2D eigenvalue weighted by Crippen LogP contribution is -2.33. The molecule has 0 aliphatic heterocycles. The minimum absolute atomic E-state index is 0.0264. The highest BCUT2D eigenvalue weighted by Gasteiger charge is 2.22. The van der Waals surface area contributed by atoms with E-state index >= 15 is 0 Å². The van der Waals surface area contributed by atoms with Crippen LogP contribution in [0.5, 0.6) is 0 Å². The molecular weight excluding hydrogens is 1290 g/mol. The second-order valence-corrected chi connectivity index (χ2v) is 33.8. The Labute approximate surface area is 638 Å². The Morgan fingerprint density at radius 2 is 0.604 bits per heavy atom. The lowest BCUT2D eigenvalue weighted by atomic mass is 9.90. The molecule has 0 spiro atoms. The molecule has 0 rings (SSSR count). The predicted octanol–water partition coefficient (Wildman–Crippen LogP) is 26.1. The Kier molecular flexibility index (Phi) is 78.9. The molecular formula is C89H175N3O7S2. The van der Waals surface area contributed by atoms with Crippen molar-refractivity contribution in [1.29, 1.82) is 0 Å². The van der Waals surface area contributed by atoms with Crippen molar-refractivity contribution in [3.8, 4) is 0 Å². The molecule has 0 aromatic rings. The number of rotatable bonds is 83. The number of carbonyl (C=O) groups excluding carboxylic acids is 4. The molecule has 0 bridgehead atoms. The molecule has 0 aromatic heterocycles. The van der Waals surface area contributed by atoms with Crippen molar-refractivity contribution in [3.05, 3.63) is 0 Å². The van der Waals surface area contributed by atoms with Gasteiger partial charge in [-0.3, -0.25) is 19.2 Å². The molecule has 4 unspecified atom stereocenters. The van der Waals surface area contributed by atoms with Crippen LogP contribution in [0.15, 0.2) is 0 Å². The molecule has 600 valence electrons. The van der Waals surface area contributed by atoms with Crippen molar-refractivity contribution in [2.75, 3.05) is 91.2 Å². The zero-order valence-corrected chi connectivity index (χ0v) is 70.6. The summed E-state index contributed by atoms with van der Waals surface area (Å²) in [5.74, 6) is 3.31. The first-order valence-corrected chi connectivity index (χ1v) is 46.8. The average molecular weight is 1460 g/mol. The molecule has 0 fully saturated rings. The second kappa shape index (κ2) is 79.9. The number of carbonyl (C=O) groups is 4. The van der Waals surface area contributed by atoms with E-state index in [4.69, 9.17) is 9.47 Å². The fourth-order valence-corrected chi connectivity index (χ4v) is 16.8. The van der Waals surface area contributed by atoms with E-state index in [1.165, 1.54) is 270 Å². The lowest BCUT2D eigenvalue weighted by Gasteiger charge is -2.24. The minimum Gasteiger partial charge on any atom is -0.466 e. The summed E-state index contributed by atoms with van der Waals surface area (Å²) >= 11 is 3.27. The summed E-state index contributed by atoms with van der Waals surface area (Å²) in [4.78, 5) is 60.4. The van der Waals surface area contributed by atoms with Gasteiger partial charge in [0.1, 0.15) is 0 Å². The monoisotopic (exact) mass is 1460 g/mol. The third kappa shape index (κ3) is 69.1. The summed E-state index contributed by atoms with van der Waals surface area (Å²) in [6.45, 7) is 22.8. The number of hydrogen-bond donors (Lipinski definition) is 1. The Balaban J connectivity index is 4.55. The number of aliphatic hydroxyl groups excluding tert-OH is 1. The molecule has 0 aromatic carbocycles. The zero-order valence-electron chi connectivity index (χ0n) is 69.0. The largest absolute Gasteiger partial charge is 0.466 e. The van der Waals surface area contributed by atoms with Crippen LogP contribution in [-0.4, -0.2) is 133 Å². The number of ether oxygens (including phenoxy) is 2. The van der Waals surface area contributed by atoms with E-state index in [-0.39, 0.29) is 36.3 Å². The number of thioether (sulfide) groups is 2. The summed E-state index contributed by atoms with van der Waals surface area (Å²) in [5, 5.41) is 10.4. The smallest absolute Gasteiger partial charge is 0.308 e. The molecule has 0 radical (unpaired) electrons. The lowest BCUT2D eigenvalue weighted by molar-refractivity contribution is -0.149. The molecule has 12 heteroatoms. The average Bonchev–Trinajstić information content (AvgIpc) is 1.63. The standard InChI is InChI=1S/C89H175N3O7S2/c1-9-15-20-24-29-44-63-83(87(95)99-79-57-38-35-52-72-92(76-75-90(7)8)73-53-36-40-59-81-101-89(97)85(66-43-23-18-12-4)68-47-30-25-21-16-10-2)64-45-32-31-42-61-82(60-14-6)62-48-49-69-86(94)98-78-56-37-26-33-50-70-91(74-54-55-77-93)71-51-34-27-39-58-80-100-88(96)84(65-41-19-13-5)67-46-28-22-17-11-3/h82-85,93H,9-81H2,1-8H3. The molecule has 4 atom stereocenters. The number of likely N-dealkylation sites (N-methyl/N-ethyl adjacent to an activating group) is 1. The van der Waals surface area contributed by atoms with Gasteiger partial charge in [-0.25, -0.2) is 0 Å². The van der Waals surface area contributed by atoms with Crippen LogP contribution < -0.4 is 0 Å². The number of hydrogen-bond acceptors (Lipinski definition) is 12. The van der Waals surface area contributed by atoms with Crippen molar-refractivity contribution in [1.82, 2.24) is 14.7 Å². The van der Waals surface area contributed by atoms with Crippen LogP contribution in [0.4, 0.5) is 0 Å². The fourth-order valence-electron chi connectivity index (χ4n) is 14.8. The van der Waals surface area contributed by atoms with Gasteiger partial charge in [-0.1, -0.05) is 341 Å². The Bertz CT molecular complexity index is 1740. The van der Waals surface area contributed by atoms with Gasteiger partial charge in [0.2, 0.25) is 0 Å². The highest BCUT2D eigenvalue weighted by Crippen LogP contribution is 2.29. The summed E-state index contributed by atoms with van der Waals surface area (Å²) < 4.78 is 11.7. The highest BCUT2D eigenvalue weighted by atomic mass is 32.2. The fraction of sp³-hybridized carbons (Fsp3) is 0.955. The van der Waals surface area contributed by atoms with Crippen LogP contribution in [0, 0.1) is 23.7 Å². The van der Waals surface area contributed by atoms with E-state index in [2.05, 4.69) is 70.3 Å². The van der Waals surface area contributed by atoms with Gasteiger partial charge in [-0.05, 0) is 162 Å². The van der Waals surface area contributed by atoms with E-state index in [1.54, 1.807) is 23.5 Å². The second-order valence-electron chi connectivity index (χ2n) is 31.6. The van der Waals surface area contributed by atoms with Gasteiger partial charge in [0, 0.05) is 49.5 Å². The zero-order chi connectivity index (χ0) is 73.8. The molecule has 0 aliphatic carbocycles. The maximum absolute atomic E-state index is 13.6. The molecule has 0 saturated carbocycles. The first-order chi connectivity index (χ1) is 49.5. The van der Waals surface area contributed by atoms with Crippen molar-refractivity contribution in [3.63, 3.8) is 0 Å². The van der Waals surface area contributed by atoms with Gasteiger partial charge in [0.05, 0.1) is 19.1 Å². The van der Waals surface area contributed by atoms with Gasteiger partial charge in [0.25, 0.3) is 0 Å². The van der Waals surface area contributed by atoms with E-state index < -0.39 is 0 Å². The predicted molar refractivity (Wildman–Crippen MR) is 445 cm³/mol. The number of aliphatic hydroxyl groups is 1. The molecule has 0 heterocycles. The van der Waals surface area contributed by atoms with Crippen molar-refractivity contribution in [2.45, 2.75) is 433 Å². The maximum Gasteiger partial charge on any atom is 0.308 e. The number of nitrogens with zero attached hydrogens (tertiary/aromatic N) is 3. The van der Waals surface area contributed by atoms with Crippen LogP contribution in [0.2, 0.25) is 0 Å². The first-order valence-electron chi connectivity index (χ1n) is 44.8. The SMILES string of the molecule is CCCCCCCCC(CCCCCCC(CCC)CCCCC(=O)OCCCCCCCN(CCCCO)CCCCCCCSC(=O)C(CCCCC)CCCCCCC)C(=O)OCCCCCCN(CCCCCCSC(=O)C(CCCCCC)CCCCCCCC)CCN(C)C. The quantitative estimate of drug-likeness (QED) is 0.0462. The van der Waals surface area contributed by atoms with Gasteiger partial charge in [-0.15, -0.1) is 0 Å². The van der Waals surface area contributed by atoms with Crippen LogP contribution in [-0.2, 0) is 28.7 Å². The molecule has 101 heavy (non-hydrogen) atoms. The van der Waals surface area contributed by atoms with Gasteiger partial charge in [-0.2, -0.15) is 0 Å². The first kappa shape index (κ1) is 99.8. The van der Waals surface area contributed by atoms with Crippen molar-refractivity contribution < 1.29 is 33.8 Å². The summed E-state index contributed by atoms with van der Waals surface area (Å²) in [5.41, 5.74) is 0. The Morgan fingerprint density at radius 3 is 1.01 bits per heavy atom. The van der Waals surface area contributed by atoms with E-state index in [0.717, 1.165) is 179 Å². The maximum atomic E-state index is 13.6. The third-order valence-corrected chi connectivity index (χ3v) is 23.8. The van der Waals surface area contributed by atoms with E-state index in [1.807, 2.05) is 0 Å². The molecule has 0 aliphatic rings. The van der Waals surface area contributed by atoms with Crippen LogP contribution in [0.1, 0.15) is 433 Å². The van der Waals surface area contributed by atoms with Crippen molar-refractivity contribution in [2.24, 2.45) is 23.7 Å². The van der Waals surface area contributed by atoms with Gasteiger partial charge in [0.15, 0.2) is 10.2 Å². The van der Waals surface area contributed by atoms with Gasteiger partial charge < -0.3 is 29.3 Å². The topological polar surface area (TPSA) is 117 Å². The summed E-state index contributed by atoms with van der Waals surface area (Å²) in [7, 11) is 4.35. The van der Waals surface area contributed by atoms with E-state index in [0.29, 0.717) is 29.9 Å². The van der Waals surface area contributed by atoms with Crippen LogP contribution in [0.3, 0.4) is 0 Å². The number of unbranched alkanes of at least 4 members (excludes halogenated alkanes) is 38. The normalized spacial score (nSPS) is 13.1. The number of esters is 2. The molecule has 1 N–H and O–H groups in total. The molecule has 0 saturated heterocycles. The summed E-state index contributed by atoms with van der Waals surface area (Å²) in [6.07, 6.45) is 71.9. The Morgan fingerprint density at radius 1 is 0.297 bits per heavy atom. The van der Waals surface area contributed by atoms with E-state index in [9.17, 15) is 24.3 Å². The minimum atomic E-state index is -0.0264. The van der Waals surface area contributed by atoms with Crippen molar-refractivity contribution >= 4 is 45.7 Å². The third-order valence-electron chi connectivity index (χ3n) is 21.6. The summed E-state index contributed by atoms with van der Waals surface area (Å²) in [6, 6.07) is 0. The van der Waals surface area contributed by atoms with Gasteiger partial charge >= 0.3 is 11.9 Å². The van der Waals surface area contributed by atoms with Crippen LogP contribution >= 0.6 is 23.5 Å². The highest BCUT2D eigenvalue weighted by molar-refractivity contribution is 8.13. The molecule has 0 amide bonds. The Hall–Kier alpha value is -1.18. The molecule has 10 nitrogen and oxygen atoms in total.